The van der Waals surface area contributed by atoms with Gasteiger partial charge in [0.1, 0.15) is 11.0 Å². The van der Waals surface area contributed by atoms with E-state index >= 15 is 0 Å². The normalized spacial score (nSPS) is 19.9. The monoisotopic (exact) mass is 398 g/mol. The van der Waals surface area contributed by atoms with Crippen molar-refractivity contribution in [3.63, 3.8) is 0 Å². The molecule has 1 aliphatic carbocycles. The van der Waals surface area contributed by atoms with Gasteiger partial charge in [0.2, 0.25) is 11.8 Å². The zero-order chi connectivity index (χ0) is 16.6. The van der Waals surface area contributed by atoms with E-state index in [1.165, 1.54) is 6.07 Å². The number of sulfone groups is 1. The predicted octanol–water partition coefficient (Wildman–Crippen LogP) is 3.02. The maximum atomic E-state index is 13.1. The largest absolute Gasteiger partial charge is 0.424 e. The second-order valence-corrected chi connectivity index (χ2v) is 8.61. The van der Waals surface area contributed by atoms with Gasteiger partial charge < -0.3 is 4.42 Å². The zero-order valence-electron chi connectivity index (χ0n) is 12.4. The number of hydrogen-bond acceptors (Lipinski definition) is 6. The molecule has 0 radical (unpaired) electrons. The fourth-order valence-electron chi connectivity index (χ4n) is 2.91. The number of hydrogen-bond donors (Lipinski definition) is 0. The maximum absolute atomic E-state index is 13.1. The molecule has 23 heavy (non-hydrogen) atoms. The highest BCUT2D eigenvalue weighted by molar-refractivity contribution is 9.10. The van der Waals surface area contributed by atoms with Crippen LogP contribution in [0.2, 0.25) is 0 Å². The van der Waals surface area contributed by atoms with Gasteiger partial charge in [-0.3, -0.25) is 4.79 Å². The minimum atomic E-state index is -3.75. The van der Waals surface area contributed by atoms with Gasteiger partial charge in [-0.2, -0.15) is 0 Å². The van der Waals surface area contributed by atoms with Crippen molar-refractivity contribution in [1.29, 1.82) is 0 Å². The van der Waals surface area contributed by atoms with Crippen LogP contribution in [0.5, 0.6) is 0 Å². The fourth-order valence-corrected chi connectivity index (χ4v) is 5.41. The molecule has 2 aromatic rings. The molecular weight excluding hydrogens is 384 g/mol. The summed E-state index contributed by atoms with van der Waals surface area (Å²) in [4.78, 5) is 11.8. The van der Waals surface area contributed by atoms with E-state index in [4.69, 9.17) is 4.42 Å². The van der Waals surface area contributed by atoms with Gasteiger partial charge in [0.05, 0.1) is 4.90 Å². The Morgan fingerprint density at radius 2 is 2.13 bits per heavy atom. The second-order valence-electron chi connectivity index (χ2n) is 5.62. The highest BCUT2D eigenvalue weighted by Gasteiger charge is 2.43. The number of aromatic nitrogens is 2. The van der Waals surface area contributed by atoms with Crippen LogP contribution in [0.15, 0.2) is 38.1 Å². The first-order valence-electron chi connectivity index (χ1n) is 7.19. The predicted molar refractivity (Wildman–Crippen MR) is 85.5 cm³/mol. The number of carbonyl (C=O) groups is 1. The molecule has 2 atom stereocenters. The Morgan fingerprint density at radius 1 is 1.35 bits per heavy atom. The van der Waals surface area contributed by atoms with Crippen LogP contribution in [0.25, 0.3) is 0 Å². The minimum absolute atomic E-state index is 0.0576. The van der Waals surface area contributed by atoms with E-state index in [1.807, 2.05) is 0 Å². The lowest BCUT2D eigenvalue weighted by Gasteiger charge is -2.20. The Bertz CT molecular complexity index is 847. The molecule has 3 rings (SSSR count). The van der Waals surface area contributed by atoms with Crippen molar-refractivity contribution in [2.45, 2.75) is 36.3 Å². The third-order valence-corrected chi connectivity index (χ3v) is 6.62. The van der Waals surface area contributed by atoms with E-state index < -0.39 is 15.1 Å². The maximum Gasteiger partial charge on any atom is 0.235 e. The van der Waals surface area contributed by atoms with Crippen molar-refractivity contribution in [3.8, 4) is 0 Å². The van der Waals surface area contributed by atoms with Crippen LogP contribution in [-0.4, -0.2) is 24.4 Å². The summed E-state index contributed by atoms with van der Waals surface area (Å²) in [6.07, 6.45) is 1.12. The van der Waals surface area contributed by atoms with Crippen molar-refractivity contribution >= 4 is 31.6 Å². The van der Waals surface area contributed by atoms with Crippen LogP contribution >= 0.6 is 15.9 Å². The van der Waals surface area contributed by atoms with Crippen LogP contribution in [-0.2, 0) is 14.6 Å². The third-order valence-electron chi connectivity index (χ3n) is 3.96. The first-order chi connectivity index (χ1) is 10.9. The molecule has 122 valence electrons. The summed E-state index contributed by atoms with van der Waals surface area (Å²) in [7, 11) is -3.75. The SMILES string of the molecule is Cc1nnc(C(C2CCC(=O)C2)S(=O)(=O)c2cccc(Br)c2)o1. The Balaban J connectivity index is 2.09. The highest BCUT2D eigenvalue weighted by Crippen LogP contribution is 2.42. The lowest BCUT2D eigenvalue weighted by atomic mass is 10.0. The Hall–Kier alpha value is -1.54. The smallest absolute Gasteiger partial charge is 0.235 e. The van der Waals surface area contributed by atoms with Gasteiger partial charge in [-0.05, 0) is 30.5 Å². The molecule has 6 nitrogen and oxygen atoms in total. The topological polar surface area (TPSA) is 90.1 Å². The van der Waals surface area contributed by atoms with Gasteiger partial charge >= 0.3 is 0 Å². The molecule has 1 saturated carbocycles. The molecule has 1 heterocycles. The molecule has 0 saturated heterocycles. The molecule has 2 unspecified atom stereocenters. The average molecular weight is 399 g/mol. The fraction of sp³-hybridized carbons (Fsp3) is 0.400. The van der Waals surface area contributed by atoms with Gasteiger partial charge in [0.15, 0.2) is 9.84 Å². The van der Waals surface area contributed by atoms with E-state index in [0.717, 1.165) is 0 Å². The van der Waals surface area contributed by atoms with E-state index in [2.05, 4.69) is 26.1 Å². The van der Waals surface area contributed by atoms with Gasteiger partial charge in [-0.15, -0.1) is 10.2 Å². The highest BCUT2D eigenvalue weighted by atomic mass is 79.9. The van der Waals surface area contributed by atoms with Crippen molar-refractivity contribution < 1.29 is 17.6 Å². The summed E-state index contributed by atoms with van der Waals surface area (Å²) >= 11 is 3.29. The van der Waals surface area contributed by atoms with Crippen LogP contribution in [0.4, 0.5) is 0 Å². The third kappa shape index (κ3) is 3.23. The molecule has 0 N–H and O–H groups in total. The Morgan fingerprint density at radius 3 is 2.70 bits per heavy atom. The number of nitrogens with zero attached hydrogens (tertiary/aromatic N) is 2. The number of carbonyl (C=O) groups excluding carboxylic acids is 1. The van der Waals surface area contributed by atoms with Crippen LogP contribution < -0.4 is 0 Å². The number of aryl methyl sites for hydroxylation is 1. The molecule has 1 fully saturated rings. The van der Waals surface area contributed by atoms with Gasteiger partial charge in [-0.25, -0.2) is 8.42 Å². The number of Topliss-reactive ketones (excluding diaryl/α,β-unsaturated/α-hetero) is 1. The summed E-state index contributed by atoms with van der Waals surface area (Å²) < 4.78 is 32.3. The van der Waals surface area contributed by atoms with Crippen LogP contribution in [0, 0.1) is 12.8 Å². The molecule has 1 aromatic heterocycles. The summed E-state index contributed by atoms with van der Waals surface area (Å²) in [5.41, 5.74) is 0. The zero-order valence-corrected chi connectivity index (χ0v) is 14.8. The lowest BCUT2D eigenvalue weighted by Crippen LogP contribution is -2.22. The van der Waals surface area contributed by atoms with E-state index in [-0.39, 0.29) is 28.9 Å². The summed E-state index contributed by atoms with van der Waals surface area (Å²) in [6, 6.07) is 6.49. The van der Waals surface area contributed by atoms with Gasteiger partial charge in [0, 0.05) is 24.2 Å². The molecule has 1 aliphatic rings. The Labute approximate surface area is 142 Å². The molecule has 0 spiro atoms. The second kappa shape index (κ2) is 6.16. The molecule has 0 amide bonds. The van der Waals surface area contributed by atoms with Gasteiger partial charge in [-0.1, -0.05) is 22.0 Å². The molecule has 1 aromatic carbocycles. The molecule has 8 heteroatoms. The van der Waals surface area contributed by atoms with Crippen molar-refractivity contribution in [2.75, 3.05) is 0 Å². The standard InChI is InChI=1S/C15H15BrN2O4S/c1-9-17-18-15(22-9)14(10-5-6-12(19)7-10)23(20,21)13-4-2-3-11(16)8-13/h2-4,8,10,14H,5-7H2,1H3. The molecule has 0 bridgehead atoms. The Kier molecular flexibility index (Phi) is 4.37. The first-order valence-corrected chi connectivity index (χ1v) is 9.53. The van der Waals surface area contributed by atoms with E-state index in [0.29, 0.717) is 23.2 Å². The van der Waals surface area contributed by atoms with Crippen molar-refractivity contribution in [3.05, 3.63) is 40.5 Å². The quantitative estimate of drug-likeness (QED) is 0.785. The van der Waals surface area contributed by atoms with Crippen LogP contribution in [0.1, 0.15) is 36.3 Å². The van der Waals surface area contributed by atoms with Crippen molar-refractivity contribution in [2.24, 2.45) is 5.92 Å². The number of halogens is 1. The summed E-state index contributed by atoms with van der Waals surface area (Å²) in [5.74, 6) is 0.0907. The molecular formula is C15H15BrN2O4S. The molecule has 0 aliphatic heterocycles. The summed E-state index contributed by atoms with van der Waals surface area (Å²) in [6.45, 7) is 1.61. The number of benzene rings is 1. The van der Waals surface area contributed by atoms with E-state index in [1.54, 1.807) is 25.1 Å². The number of ketones is 1. The minimum Gasteiger partial charge on any atom is -0.424 e. The average Bonchev–Trinajstić information content (AvgIpc) is 3.08. The van der Waals surface area contributed by atoms with Gasteiger partial charge in [0.25, 0.3) is 0 Å². The first kappa shape index (κ1) is 16.3. The van der Waals surface area contributed by atoms with Crippen molar-refractivity contribution in [1.82, 2.24) is 10.2 Å². The van der Waals surface area contributed by atoms with Crippen LogP contribution in [0.3, 0.4) is 0 Å². The van der Waals surface area contributed by atoms with E-state index in [9.17, 15) is 13.2 Å². The number of rotatable bonds is 4. The lowest BCUT2D eigenvalue weighted by molar-refractivity contribution is -0.117. The summed E-state index contributed by atoms with van der Waals surface area (Å²) in [5, 5.41) is 6.66.